The van der Waals surface area contributed by atoms with Crippen molar-refractivity contribution in [2.24, 2.45) is 0 Å². The Hall–Kier alpha value is -2.20. The lowest BCUT2D eigenvalue weighted by Crippen LogP contribution is -2.84. The molecule has 0 amide bonds. The molecule has 1 aliphatic carbocycles. The molecular formula is C17H19N2O2+. The van der Waals surface area contributed by atoms with Crippen molar-refractivity contribution in [3.05, 3.63) is 75.3 Å². The van der Waals surface area contributed by atoms with E-state index < -0.39 is 0 Å². The average molecular weight is 283 g/mol. The SMILES string of the molecule is O=[N+]([O-])c1cccc(C[NH2+]C2CCCc3ccccc32)c1. The minimum Gasteiger partial charge on any atom is -0.336 e. The van der Waals surface area contributed by atoms with Crippen LogP contribution >= 0.6 is 0 Å². The molecule has 0 heterocycles. The highest BCUT2D eigenvalue weighted by atomic mass is 16.6. The van der Waals surface area contributed by atoms with Crippen LogP contribution in [-0.2, 0) is 13.0 Å². The fraction of sp³-hybridized carbons (Fsp3) is 0.294. The highest BCUT2D eigenvalue weighted by molar-refractivity contribution is 5.34. The lowest BCUT2D eigenvalue weighted by Gasteiger charge is -2.23. The van der Waals surface area contributed by atoms with Gasteiger partial charge in [-0.05, 0) is 18.4 Å². The first-order chi connectivity index (χ1) is 10.2. The Kier molecular flexibility index (Phi) is 3.97. The summed E-state index contributed by atoms with van der Waals surface area (Å²) in [6.07, 6.45) is 3.55. The Morgan fingerprint density at radius 2 is 2.05 bits per heavy atom. The number of nitrogens with zero attached hydrogens (tertiary/aromatic N) is 1. The number of fused-ring (bicyclic) bond motifs is 1. The zero-order valence-corrected chi connectivity index (χ0v) is 11.9. The minimum absolute atomic E-state index is 0.171. The molecule has 0 spiro atoms. The van der Waals surface area contributed by atoms with Gasteiger partial charge < -0.3 is 5.32 Å². The molecule has 2 aromatic rings. The number of nitro benzene ring substituents is 1. The Balaban J connectivity index is 1.71. The molecule has 0 radical (unpaired) electrons. The normalized spacial score (nSPS) is 17.2. The van der Waals surface area contributed by atoms with Gasteiger partial charge in [0.1, 0.15) is 12.6 Å². The maximum atomic E-state index is 10.8. The summed E-state index contributed by atoms with van der Waals surface area (Å²) in [6.45, 7) is 0.778. The molecule has 108 valence electrons. The second kappa shape index (κ2) is 6.06. The van der Waals surface area contributed by atoms with Crippen molar-refractivity contribution < 1.29 is 10.2 Å². The molecule has 2 N–H and O–H groups in total. The summed E-state index contributed by atoms with van der Waals surface area (Å²) in [6, 6.07) is 16.0. The van der Waals surface area contributed by atoms with Crippen molar-refractivity contribution in [3.8, 4) is 0 Å². The number of aryl methyl sites for hydroxylation is 1. The number of nitrogens with two attached hydrogens (primary N) is 1. The largest absolute Gasteiger partial charge is 0.336 e. The van der Waals surface area contributed by atoms with Crippen LogP contribution in [-0.4, -0.2) is 4.92 Å². The molecule has 0 saturated carbocycles. The van der Waals surface area contributed by atoms with Crippen LogP contribution in [0.5, 0.6) is 0 Å². The fourth-order valence-corrected chi connectivity index (χ4v) is 3.11. The van der Waals surface area contributed by atoms with E-state index in [-0.39, 0.29) is 10.6 Å². The molecule has 3 rings (SSSR count). The van der Waals surface area contributed by atoms with Gasteiger partial charge in [0.25, 0.3) is 5.69 Å². The van der Waals surface area contributed by atoms with Gasteiger partial charge in [-0.25, -0.2) is 0 Å². The number of quaternary nitrogens is 1. The molecular weight excluding hydrogens is 264 g/mol. The summed E-state index contributed by atoms with van der Waals surface area (Å²) in [7, 11) is 0. The van der Waals surface area contributed by atoms with Crippen molar-refractivity contribution >= 4 is 5.69 Å². The van der Waals surface area contributed by atoms with Gasteiger partial charge in [0.15, 0.2) is 0 Å². The fourth-order valence-electron chi connectivity index (χ4n) is 3.11. The van der Waals surface area contributed by atoms with Crippen molar-refractivity contribution in [1.29, 1.82) is 0 Å². The predicted octanol–water partition coefficient (Wildman–Crippen LogP) is 2.74. The highest BCUT2D eigenvalue weighted by Crippen LogP contribution is 2.26. The Morgan fingerprint density at radius 3 is 2.90 bits per heavy atom. The van der Waals surface area contributed by atoms with Gasteiger partial charge in [0.05, 0.1) is 4.92 Å². The van der Waals surface area contributed by atoms with Gasteiger partial charge in [-0.3, -0.25) is 10.1 Å². The maximum Gasteiger partial charge on any atom is 0.269 e. The van der Waals surface area contributed by atoms with E-state index in [9.17, 15) is 10.1 Å². The van der Waals surface area contributed by atoms with Crippen LogP contribution < -0.4 is 5.32 Å². The van der Waals surface area contributed by atoms with Crippen LogP contribution in [0.2, 0.25) is 0 Å². The first kappa shape index (κ1) is 13.8. The van der Waals surface area contributed by atoms with Crippen LogP contribution in [0.15, 0.2) is 48.5 Å². The molecule has 1 atom stereocenters. The lowest BCUT2D eigenvalue weighted by atomic mass is 9.87. The maximum absolute atomic E-state index is 10.8. The van der Waals surface area contributed by atoms with Gasteiger partial charge in [-0.1, -0.05) is 36.4 Å². The third-order valence-electron chi connectivity index (χ3n) is 4.18. The summed E-state index contributed by atoms with van der Waals surface area (Å²) in [5, 5.41) is 13.1. The van der Waals surface area contributed by atoms with Crippen molar-refractivity contribution in [2.75, 3.05) is 0 Å². The molecule has 0 saturated heterocycles. The van der Waals surface area contributed by atoms with E-state index in [1.807, 2.05) is 6.07 Å². The van der Waals surface area contributed by atoms with Gasteiger partial charge in [-0.15, -0.1) is 0 Å². The Bertz CT molecular complexity index is 655. The first-order valence-corrected chi connectivity index (χ1v) is 7.38. The second-order valence-corrected chi connectivity index (χ2v) is 5.56. The molecule has 0 bridgehead atoms. The first-order valence-electron chi connectivity index (χ1n) is 7.38. The third-order valence-corrected chi connectivity index (χ3v) is 4.18. The van der Waals surface area contributed by atoms with E-state index in [0.717, 1.165) is 18.5 Å². The smallest absolute Gasteiger partial charge is 0.269 e. The zero-order valence-electron chi connectivity index (χ0n) is 11.9. The van der Waals surface area contributed by atoms with Crippen LogP contribution in [0.3, 0.4) is 0 Å². The van der Waals surface area contributed by atoms with Crippen molar-refractivity contribution in [3.63, 3.8) is 0 Å². The van der Waals surface area contributed by atoms with Crippen LogP contribution in [0.4, 0.5) is 5.69 Å². The second-order valence-electron chi connectivity index (χ2n) is 5.56. The molecule has 4 heteroatoms. The van der Waals surface area contributed by atoms with E-state index in [4.69, 9.17) is 0 Å². The number of hydrogen-bond acceptors (Lipinski definition) is 2. The van der Waals surface area contributed by atoms with Crippen LogP contribution in [0, 0.1) is 10.1 Å². The molecule has 4 nitrogen and oxygen atoms in total. The summed E-state index contributed by atoms with van der Waals surface area (Å²) in [4.78, 5) is 10.5. The van der Waals surface area contributed by atoms with Gasteiger partial charge in [0.2, 0.25) is 0 Å². The molecule has 1 unspecified atom stereocenters. The number of rotatable bonds is 4. The molecule has 0 aliphatic heterocycles. The van der Waals surface area contributed by atoms with Crippen molar-refractivity contribution in [2.45, 2.75) is 31.8 Å². The number of nitro groups is 1. The number of benzene rings is 2. The molecule has 0 fully saturated rings. The Morgan fingerprint density at radius 1 is 1.19 bits per heavy atom. The molecule has 21 heavy (non-hydrogen) atoms. The minimum atomic E-state index is -0.334. The van der Waals surface area contributed by atoms with E-state index >= 15 is 0 Å². The van der Waals surface area contributed by atoms with Crippen molar-refractivity contribution in [1.82, 2.24) is 0 Å². The third kappa shape index (κ3) is 3.11. The topological polar surface area (TPSA) is 59.8 Å². The van der Waals surface area contributed by atoms with Gasteiger partial charge >= 0.3 is 0 Å². The van der Waals surface area contributed by atoms with Gasteiger partial charge in [-0.2, -0.15) is 0 Å². The average Bonchev–Trinajstić information content (AvgIpc) is 2.53. The summed E-state index contributed by atoms with van der Waals surface area (Å²) >= 11 is 0. The quantitative estimate of drug-likeness (QED) is 0.693. The molecule has 1 aliphatic rings. The van der Waals surface area contributed by atoms with E-state index in [2.05, 4.69) is 29.6 Å². The summed E-state index contributed by atoms with van der Waals surface area (Å²) < 4.78 is 0. The zero-order chi connectivity index (χ0) is 14.7. The summed E-state index contributed by atoms with van der Waals surface area (Å²) in [5.41, 5.74) is 4.05. The van der Waals surface area contributed by atoms with E-state index in [0.29, 0.717) is 6.04 Å². The summed E-state index contributed by atoms with van der Waals surface area (Å²) in [5.74, 6) is 0. The van der Waals surface area contributed by atoms with Gasteiger partial charge in [0, 0.05) is 29.7 Å². The van der Waals surface area contributed by atoms with Crippen LogP contribution in [0.1, 0.15) is 35.6 Å². The lowest BCUT2D eigenvalue weighted by molar-refractivity contribution is -0.712. The molecule has 2 aromatic carbocycles. The number of hydrogen-bond donors (Lipinski definition) is 1. The monoisotopic (exact) mass is 283 g/mol. The molecule has 0 aromatic heterocycles. The van der Waals surface area contributed by atoms with E-state index in [1.165, 1.54) is 24.0 Å². The Labute approximate surface area is 124 Å². The highest BCUT2D eigenvalue weighted by Gasteiger charge is 2.22. The predicted molar refractivity (Wildman–Crippen MR) is 80.8 cm³/mol. The van der Waals surface area contributed by atoms with Crippen LogP contribution in [0.25, 0.3) is 0 Å². The number of non-ortho nitro benzene ring substituents is 1. The standard InChI is InChI=1S/C17H18N2O2/c20-19(21)15-8-3-5-13(11-15)12-18-17-10-4-7-14-6-1-2-9-16(14)17/h1-3,5-6,8-9,11,17-18H,4,7,10,12H2/p+1. The van der Waals surface area contributed by atoms with E-state index in [1.54, 1.807) is 18.2 Å².